The van der Waals surface area contributed by atoms with Crippen molar-refractivity contribution >= 4 is 6.08 Å². The van der Waals surface area contributed by atoms with Gasteiger partial charge in [-0.25, -0.2) is 0 Å². The number of nitrogens with zero attached hydrogens (tertiary/aromatic N) is 1. The first-order chi connectivity index (χ1) is 7.86. The van der Waals surface area contributed by atoms with E-state index >= 15 is 0 Å². The minimum absolute atomic E-state index is 0.180. The van der Waals surface area contributed by atoms with Gasteiger partial charge in [-0.2, -0.15) is 5.26 Å². The van der Waals surface area contributed by atoms with Crippen LogP contribution in [0.5, 0.6) is 0 Å². The Labute approximate surface area is 98.4 Å². The van der Waals surface area contributed by atoms with E-state index in [-0.39, 0.29) is 5.92 Å². The van der Waals surface area contributed by atoms with Crippen LogP contribution in [-0.4, -0.2) is 0 Å². The Balaban J connectivity index is 2.38. The first-order valence-corrected chi connectivity index (χ1v) is 5.98. The lowest BCUT2D eigenvalue weighted by molar-refractivity contribution is 0.572. The number of benzene rings is 1. The fourth-order valence-electron chi connectivity index (χ4n) is 1.62. The van der Waals surface area contributed by atoms with Crippen LogP contribution < -0.4 is 0 Å². The maximum atomic E-state index is 8.97. The topological polar surface area (TPSA) is 23.8 Å². The molecule has 0 aliphatic carbocycles. The van der Waals surface area contributed by atoms with E-state index in [4.69, 9.17) is 5.26 Å². The van der Waals surface area contributed by atoms with Gasteiger partial charge in [0.2, 0.25) is 0 Å². The highest BCUT2D eigenvalue weighted by molar-refractivity contribution is 5.48. The van der Waals surface area contributed by atoms with Crippen LogP contribution in [0.1, 0.15) is 38.2 Å². The van der Waals surface area contributed by atoms with E-state index in [0.717, 1.165) is 19.3 Å². The molecule has 0 saturated heterocycles. The molecule has 84 valence electrons. The highest BCUT2D eigenvalue weighted by Gasteiger charge is 2.03. The van der Waals surface area contributed by atoms with Crippen LogP contribution in [0.2, 0.25) is 0 Å². The molecule has 1 rings (SSSR count). The monoisotopic (exact) mass is 213 g/mol. The highest BCUT2D eigenvalue weighted by atomic mass is 14.3. The predicted molar refractivity (Wildman–Crippen MR) is 68.7 cm³/mol. The third kappa shape index (κ3) is 4.79. The van der Waals surface area contributed by atoms with E-state index in [2.05, 4.69) is 37.3 Å². The van der Waals surface area contributed by atoms with Gasteiger partial charge in [0, 0.05) is 5.92 Å². The van der Waals surface area contributed by atoms with Gasteiger partial charge in [0.15, 0.2) is 0 Å². The fraction of sp³-hybridized carbons (Fsp3) is 0.400. The molecule has 0 heterocycles. The lowest BCUT2D eigenvalue weighted by Gasteiger charge is -2.03. The van der Waals surface area contributed by atoms with Gasteiger partial charge in [0.25, 0.3) is 0 Å². The average Bonchev–Trinajstić information content (AvgIpc) is 2.35. The van der Waals surface area contributed by atoms with Gasteiger partial charge in [-0.05, 0) is 18.4 Å². The Hall–Kier alpha value is -1.55. The van der Waals surface area contributed by atoms with E-state index in [1.165, 1.54) is 12.0 Å². The van der Waals surface area contributed by atoms with Crippen LogP contribution in [-0.2, 0) is 0 Å². The van der Waals surface area contributed by atoms with Crippen molar-refractivity contribution in [2.45, 2.75) is 32.6 Å². The third-order valence-corrected chi connectivity index (χ3v) is 2.62. The van der Waals surface area contributed by atoms with Crippen LogP contribution in [0.3, 0.4) is 0 Å². The fourth-order valence-corrected chi connectivity index (χ4v) is 1.62. The van der Waals surface area contributed by atoms with Crippen LogP contribution in [0.4, 0.5) is 0 Å². The minimum Gasteiger partial charge on any atom is -0.198 e. The van der Waals surface area contributed by atoms with Crippen molar-refractivity contribution in [3.63, 3.8) is 0 Å². The van der Waals surface area contributed by atoms with Gasteiger partial charge in [-0.3, -0.25) is 0 Å². The summed E-state index contributed by atoms with van der Waals surface area (Å²) < 4.78 is 0. The molecule has 1 aromatic carbocycles. The SMILES string of the molecule is CCCCC(C#N)CC=Cc1ccccc1. The summed E-state index contributed by atoms with van der Waals surface area (Å²) in [4.78, 5) is 0. The van der Waals surface area contributed by atoms with Gasteiger partial charge >= 0.3 is 0 Å². The zero-order valence-electron chi connectivity index (χ0n) is 9.89. The number of allylic oxidation sites excluding steroid dienone is 1. The molecule has 1 unspecified atom stereocenters. The van der Waals surface area contributed by atoms with Crippen molar-refractivity contribution in [3.05, 3.63) is 42.0 Å². The zero-order chi connectivity index (χ0) is 11.6. The molecule has 0 aliphatic heterocycles. The van der Waals surface area contributed by atoms with Crippen molar-refractivity contribution in [3.8, 4) is 6.07 Å². The van der Waals surface area contributed by atoms with Gasteiger partial charge in [-0.1, -0.05) is 62.2 Å². The molecule has 0 spiro atoms. The molecule has 16 heavy (non-hydrogen) atoms. The molecular formula is C15H19N. The third-order valence-electron chi connectivity index (χ3n) is 2.62. The van der Waals surface area contributed by atoms with E-state index in [0.29, 0.717) is 0 Å². The maximum absolute atomic E-state index is 8.97. The number of unbranched alkanes of at least 4 members (excludes halogenated alkanes) is 1. The number of nitriles is 1. The lowest BCUT2D eigenvalue weighted by Crippen LogP contribution is -1.94. The molecular weight excluding hydrogens is 194 g/mol. The summed E-state index contributed by atoms with van der Waals surface area (Å²) in [5.74, 6) is 0.180. The molecule has 1 heteroatoms. The Morgan fingerprint density at radius 3 is 2.69 bits per heavy atom. The molecule has 0 aliphatic rings. The van der Waals surface area contributed by atoms with Gasteiger partial charge < -0.3 is 0 Å². The molecule has 0 saturated carbocycles. The van der Waals surface area contributed by atoms with Crippen molar-refractivity contribution in [1.29, 1.82) is 5.26 Å². The van der Waals surface area contributed by atoms with Crippen molar-refractivity contribution in [1.82, 2.24) is 0 Å². The van der Waals surface area contributed by atoms with E-state index in [1.807, 2.05) is 18.2 Å². The summed E-state index contributed by atoms with van der Waals surface area (Å²) in [5, 5.41) is 8.97. The summed E-state index contributed by atoms with van der Waals surface area (Å²) in [6.45, 7) is 2.16. The van der Waals surface area contributed by atoms with Crippen LogP contribution in [0, 0.1) is 17.2 Å². The molecule has 1 nitrogen and oxygen atoms in total. The predicted octanol–water partition coefficient (Wildman–Crippen LogP) is 4.42. The maximum Gasteiger partial charge on any atom is 0.0659 e. The van der Waals surface area contributed by atoms with Gasteiger partial charge in [0.1, 0.15) is 0 Å². The second-order valence-electron chi connectivity index (χ2n) is 4.02. The summed E-state index contributed by atoms with van der Waals surface area (Å²) in [6, 6.07) is 12.6. The van der Waals surface area contributed by atoms with Crippen molar-refractivity contribution in [2.24, 2.45) is 5.92 Å². The second kappa shape index (κ2) is 7.70. The Kier molecular flexibility index (Phi) is 6.03. The molecule has 0 fully saturated rings. The molecule has 0 radical (unpaired) electrons. The van der Waals surface area contributed by atoms with E-state index in [9.17, 15) is 0 Å². The standard InChI is InChI=1S/C15H19N/c1-2-3-8-15(13-16)12-7-11-14-9-5-4-6-10-14/h4-7,9-11,15H,2-3,8,12H2,1H3. The van der Waals surface area contributed by atoms with Crippen LogP contribution >= 0.6 is 0 Å². The normalized spacial score (nSPS) is 12.5. The molecule has 0 amide bonds. The summed E-state index contributed by atoms with van der Waals surface area (Å²) in [7, 11) is 0. The largest absolute Gasteiger partial charge is 0.198 e. The second-order valence-corrected chi connectivity index (χ2v) is 4.02. The number of hydrogen-bond donors (Lipinski definition) is 0. The van der Waals surface area contributed by atoms with Crippen molar-refractivity contribution in [2.75, 3.05) is 0 Å². The Morgan fingerprint density at radius 2 is 2.06 bits per heavy atom. The molecule has 1 atom stereocenters. The number of rotatable bonds is 6. The first kappa shape index (κ1) is 12.5. The van der Waals surface area contributed by atoms with Crippen LogP contribution in [0.15, 0.2) is 36.4 Å². The van der Waals surface area contributed by atoms with Crippen LogP contribution in [0.25, 0.3) is 6.08 Å². The highest BCUT2D eigenvalue weighted by Crippen LogP contribution is 2.13. The smallest absolute Gasteiger partial charge is 0.0659 e. The van der Waals surface area contributed by atoms with E-state index < -0.39 is 0 Å². The van der Waals surface area contributed by atoms with Gasteiger partial charge in [0.05, 0.1) is 6.07 Å². The summed E-state index contributed by atoms with van der Waals surface area (Å²) >= 11 is 0. The Morgan fingerprint density at radius 1 is 1.31 bits per heavy atom. The molecule has 0 aromatic heterocycles. The first-order valence-electron chi connectivity index (χ1n) is 5.98. The summed E-state index contributed by atoms with van der Waals surface area (Å²) in [5.41, 5.74) is 1.20. The number of hydrogen-bond acceptors (Lipinski definition) is 1. The molecule has 0 bridgehead atoms. The summed E-state index contributed by atoms with van der Waals surface area (Å²) in [6.07, 6.45) is 8.41. The average molecular weight is 213 g/mol. The molecule has 0 N–H and O–H groups in total. The minimum atomic E-state index is 0.180. The quantitative estimate of drug-likeness (QED) is 0.686. The Bertz CT molecular complexity index is 345. The van der Waals surface area contributed by atoms with Gasteiger partial charge in [-0.15, -0.1) is 0 Å². The zero-order valence-corrected chi connectivity index (χ0v) is 9.89. The molecule has 1 aromatic rings. The lowest BCUT2D eigenvalue weighted by atomic mass is 9.99. The van der Waals surface area contributed by atoms with Crippen molar-refractivity contribution < 1.29 is 0 Å². The van der Waals surface area contributed by atoms with E-state index in [1.54, 1.807) is 0 Å².